The van der Waals surface area contributed by atoms with Gasteiger partial charge < -0.3 is 39.9 Å². The van der Waals surface area contributed by atoms with E-state index >= 15 is 0 Å². The Morgan fingerprint density at radius 2 is 1.41 bits per heavy atom. The summed E-state index contributed by atoms with van der Waals surface area (Å²) in [4.78, 5) is 72.4. The number of piperidine rings is 2. The van der Waals surface area contributed by atoms with Crippen molar-refractivity contribution in [1.82, 2.24) is 40.4 Å². The standard InChI is InChI=1S/C50H60N8O6/c1-6-37(55-49(61)63-4)47(59)57-23-9-8-12-42(57)46-52-38-22-18-32(26-39(38)53-46)33-20-21-34(43-35-19-17-31(35)25-36(33)43)29-13-15-30(16-14-29)40-27-51-45(54-40)41-11-7-10-24-58(41)48(60)44(28(2)3)56-50(62)64-5/h13-16,18,20-22,26-28,31,35,37,41-42,44H,6-12,17,19,23-25H2,1-5H3,(H,51,54)(H,52,53)(H,55,61)(H,56,62). The molecule has 1 saturated carbocycles. The summed E-state index contributed by atoms with van der Waals surface area (Å²) in [5.41, 5.74) is 11.5. The molecule has 0 radical (unpaired) electrons. The topological polar surface area (TPSA) is 175 Å². The molecule has 9 rings (SSSR count). The minimum atomic E-state index is -0.689. The molecule has 2 aliphatic heterocycles. The summed E-state index contributed by atoms with van der Waals surface area (Å²) >= 11 is 0. The molecule has 14 nitrogen and oxygen atoms in total. The molecule has 0 bridgehead atoms. The van der Waals surface area contributed by atoms with Gasteiger partial charge in [0.1, 0.15) is 23.7 Å². The van der Waals surface area contributed by atoms with Crippen LogP contribution in [-0.2, 0) is 25.5 Å². The Kier molecular flexibility index (Phi) is 12.2. The number of nitrogens with zero attached hydrogens (tertiary/aromatic N) is 4. The molecule has 2 saturated heterocycles. The molecule has 3 aromatic carbocycles. The van der Waals surface area contributed by atoms with Gasteiger partial charge in [0, 0.05) is 13.1 Å². The fourth-order valence-electron chi connectivity index (χ4n) is 10.7. The lowest BCUT2D eigenvalue weighted by Gasteiger charge is -2.37. The molecule has 4 N–H and O–H groups in total. The van der Waals surface area contributed by atoms with Crippen molar-refractivity contribution in [2.24, 2.45) is 11.8 Å². The highest BCUT2D eigenvalue weighted by Crippen LogP contribution is 2.56. The first-order valence-corrected chi connectivity index (χ1v) is 23.2. The number of carbonyl (C=O) groups excluding carboxylic acids is 4. The predicted molar refractivity (Wildman–Crippen MR) is 244 cm³/mol. The molecule has 14 heteroatoms. The van der Waals surface area contributed by atoms with Gasteiger partial charge in [0.25, 0.3) is 0 Å². The molecule has 6 atom stereocenters. The quantitative estimate of drug-likeness (QED) is 0.102. The third-order valence-corrected chi connectivity index (χ3v) is 14.3. The van der Waals surface area contributed by atoms with Gasteiger partial charge in [-0.1, -0.05) is 63.2 Å². The first kappa shape index (κ1) is 43.1. The van der Waals surface area contributed by atoms with E-state index in [-0.39, 0.29) is 29.8 Å². The van der Waals surface area contributed by atoms with Crippen LogP contribution in [0.5, 0.6) is 0 Å². The molecule has 5 aromatic rings. The molecule has 6 unspecified atom stereocenters. The molecule has 0 spiro atoms. The van der Waals surface area contributed by atoms with E-state index in [0.717, 1.165) is 84.4 Å². The van der Waals surface area contributed by atoms with Crippen molar-refractivity contribution < 1.29 is 28.7 Å². The van der Waals surface area contributed by atoms with Crippen molar-refractivity contribution in [3.63, 3.8) is 0 Å². The van der Waals surface area contributed by atoms with Gasteiger partial charge in [0.05, 0.1) is 49.2 Å². The zero-order chi connectivity index (χ0) is 44.6. The lowest BCUT2D eigenvalue weighted by Crippen LogP contribution is -2.53. The van der Waals surface area contributed by atoms with Crippen molar-refractivity contribution in [2.45, 2.75) is 115 Å². The normalized spacial score (nSPS) is 21.4. The number of likely N-dealkylation sites (tertiary alicyclic amines) is 2. The number of benzene rings is 3. The lowest BCUT2D eigenvalue weighted by molar-refractivity contribution is -0.139. The summed E-state index contributed by atoms with van der Waals surface area (Å²) in [5, 5.41) is 5.45. The van der Waals surface area contributed by atoms with Crippen molar-refractivity contribution in [3.05, 3.63) is 83.6 Å². The third kappa shape index (κ3) is 8.11. The molecule has 3 fully saturated rings. The van der Waals surface area contributed by atoms with E-state index < -0.39 is 24.3 Å². The van der Waals surface area contributed by atoms with E-state index in [1.165, 1.54) is 54.9 Å². The first-order chi connectivity index (χ1) is 31.1. The zero-order valence-corrected chi connectivity index (χ0v) is 37.5. The van der Waals surface area contributed by atoms with Crippen molar-refractivity contribution in [1.29, 1.82) is 0 Å². The molecular formula is C50H60N8O6. The van der Waals surface area contributed by atoms with Gasteiger partial charge in [-0.05, 0) is 133 Å². The number of carbonyl (C=O) groups is 4. The Bertz CT molecular complexity index is 2550. The number of H-pyrrole nitrogens is 2. The number of nitrogens with one attached hydrogen (secondary N) is 4. The summed E-state index contributed by atoms with van der Waals surface area (Å²) in [6.07, 6.45) is 10.00. The summed E-state index contributed by atoms with van der Waals surface area (Å²) < 4.78 is 9.61. The smallest absolute Gasteiger partial charge is 0.407 e. The maximum absolute atomic E-state index is 13.8. The maximum Gasteiger partial charge on any atom is 0.407 e. The van der Waals surface area contributed by atoms with E-state index in [9.17, 15) is 19.2 Å². The number of hydrogen-bond acceptors (Lipinski definition) is 8. The molecular weight excluding hydrogens is 809 g/mol. The van der Waals surface area contributed by atoms with Gasteiger partial charge in [-0.2, -0.15) is 0 Å². The number of alkyl carbamates (subject to hydrolysis) is 2. The number of fused-ring (bicyclic) bond motifs is 4. The van der Waals surface area contributed by atoms with Gasteiger partial charge in [0.2, 0.25) is 11.8 Å². The number of ether oxygens (including phenoxy) is 2. The Balaban J connectivity index is 0.954. The predicted octanol–water partition coefficient (Wildman–Crippen LogP) is 8.96. The monoisotopic (exact) mass is 868 g/mol. The van der Waals surface area contributed by atoms with Crippen LogP contribution in [0.15, 0.2) is 60.8 Å². The van der Waals surface area contributed by atoms with E-state index in [4.69, 9.17) is 19.4 Å². The molecule has 64 heavy (non-hydrogen) atoms. The fraction of sp³-hybridized carbons (Fsp3) is 0.480. The molecule has 2 aromatic heterocycles. The summed E-state index contributed by atoms with van der Waals surface area (Å²) in [7, 11) is 2.61. The van der Waals surface area contributed by atoms with Gasteiger partial charge >= 0.3 is 12.2 Å². The highest BCUT2D eigenvalue weighted by atomic mass is 16.5. The van der Waals surface area contributed by atoms with Crippen molar-refractivity contribution >= 4 is 35.0 Å². The van der Waals surface area contributed by atoms with Crippen LogP contribution in [0.3, 0.4) is 0 Å². The fourth-order valence-corrected chi connectivity index (χ4v) is 10.7. The van der Waals surface area contributed by atoms with Crippen LogP contribution in [0, 0.1) is 11.8 Å². The van der Waals surface area contributed by atoms with E-state index in [0.29, 0.717) is 31.3 Å². The molecule has 4 amide bonds. The second-order valence-electron chi connectivity index (χ2n) is 18.4. The average molecular weight is 869 g/mol. The Labute approximate surface area is 374 Å². The first-order valence-electron chi connectivity index (χ1n) is 23.2. The van der Waals surface area contributed by atoms with Gasteiger partial charge in [-0.3, -0.25) is 9.59 Å². The average Bonchev–Trinajstić information content (AvgIpc) is 4.05. The largest absolute Gasteiger partial charge is 0.453 e. The second kappa shape index (κ2) is 18.1. The van der Waals surface area contributed by atoms with Gasteiger partial charge in [-0.25, -0.2) is 19.6 Å². The van der Waals surface area contributed by atoms with Crippen LogP contribution in [0.1, 0.15) is 119 Å². The summed E-state index contributed by atoms with van der Waals surface area (Å²) in [5.74, 6) is 2.40. The van der Waals surface area contributed by atoms with Crippen LogP contribution in [0.25, 0.3) is 44.5 Å². The van der Waals surface area contributed by atoms with Gasteiger partial charge in [-0.15, -0.1) is 0 Å². The van der Waals surface area contributed by atoms with Gasteiger partial charge in [0.15, 0.2) is 0 Å². The highest BCUT2D eigenvalue weighted by molar-refractivity contribution is 5.88. The van der Waals surface area contributed by atoms with Crippen LogP contribution in [0.4, 0.5) is 9.59 Å². The lowest BCUT2D eigenvalue weighted by atomic mass is 9.73. The number of imidazole rings is 2. The molecule has 4 heterocycles. The second-order valence-corrected chi connectivity index (χ2v) is 18.4. The SMILES string of the molecule is CCC(NC(=O)OC)C(=O)N1CCCCC1c1nc2ccc(-c3ccc(-c4ccc(-c5cnc(C6CCCCN6C(=O)C(NC(=O)OC)C(C)C)[nH]5)cc4)c4c3CC3CCC43)cc2[nH]1. The van der Waals surface area contributed by atoms with Crippen molar-refractivity contribution in [3.8, 4) is 33.5 Å². The molecule has 336 valence electrons. The number of aromatic nitrogens is 4. The molecule has 2 aliphatic carbocycles. The number of aromatic amines is 2. The van der Waals surface area contributed by atoms with Crippen LogP contribution >= 0.6 is 0 Å². The molecule has 4 aliphatic rings. The number of hydrogen-bond donors (Lipinski definition) is 4. The number of methoxy groups -OCH3 is 2. The Hall–Kier alpha value is -6.18. The number of amides is 4. The summed E-state index contributed by atoms with van der Waals surface area (Å²) in [6.45, 7) is 6.95. The third-order valence-electron chi connectivity index (χ3n) is 14.3. The van der Waals surface area contributed by atoms with E-state index in [1.807, 2.05) is 36.8 Å². The minimum Gasteiger partial charge on any atom is -0.453 e. The van der Waals surface area contributed by atoms with Crippen LogP contribution < -0.4 is 10.6 Å². The van der Waals surface area contributed by atoms with Crippen LogP contribution in [0.2, 0.25) is 0 Å². The van der Waals surface area contributed by atoms with Crippen LogP contribution in [-0.4, -0.2) is 93.1 Å². The highest BCUT2D eigenvalue weighted by Gasteiger charge is 2.42. The Morgan fingerprint density at radius 1 is 0.750 bits per heavy atom. The van der Waals surface area contributed by atoms with E-state index in [1.54, 1.807) is 0 Å². The van der Waals surface area contributed by atoms with E-state index in [2.05, 4.69) is 75.2 Å². The Morgan fingerprint density at radius 3 is 2.08 bits per heavy atom. The van der Waals surface area contributed by atoms with Crippen molar-refractivity contribution in [2.75, 3.05) is 27.3 Å². The zero-order valence-electron chi connectivity index (χ0n) is 37.5. The number of rotatable bonds is 11. The minimum absolute atomic E-state index is 0.105. The summed E-state index contributed by atoms with van der Waals surface area (Å²) in [6, 6.07) is 18.0. The maximum atomic E-state index is 13.8.